The Morgan fingerprint density at radius 3 is 2.67 bits per heavy atom. The summed E-state index contributed by atoms with van der Waals surface area (Å²) >= 11 is 0. The Kier molecular flexibility index (Phi) is 4.53. The van der Waals surface area contributed by atoms with Crippen LogP contribution in [0.25, 0.3) is 0 Å². The van der Waals surface area contributed by atoms with E-state index in [1.165, 1.54) is 12.1 Å². The molecular formula is C14H20N2O4S. The van der Waals surface area contributed by atoms with E-state index in [0.29, 0.717) is 30.9 Å². The average molecular weight is 312 g/mol. The van der Waals surface area contributed by atoms with Crippen LogP contribution in [-0.2, 0) is 14.8 Å². The molecule has 0 bridgehead atoms. The van der Waals surface area contributed by atoms with Crippen LogP contribution in [0.4, 0.5) is 5.69 Å². The summed E-state index contributed by atoms with van der Waals surface area (Å²) in [5, 5.41) is 0. The molecule has 21 heavy (non-hydrogen) atoms. The van der Waals surface area contributed by atoms with Crippen molar-refractivity contribution in [1.82, 2.24) is 4.72 Å². The van der Waals surface area contributed by atoms with Crippen molar-refractivity contribution < 1.29 is 17.9 Å². The number of hydrogen-bond acceptors (Lipinski definition) is 4. The van der Waals surface area contributed by atoms with Gasteiger partial charge in [0.15, 0.2) is 6.10 Å². The van der Waals surface area contributed by atoms with E-state index >= 15 is 0 Å². The lowest BCUT2D eigenvalue weighted by molar-refractivity contribution is -0.125. The van der Waals surface area contributed by atoms with Crippen LogP contribution < -0.4 is 14.4 Å². The van der Waals surface area contributed by atoms with Crippen molar-refractivity contribution in [3.63, 3.8) is 0 Å². The van der Waals surface area contributed by atoms with E-state index in [-0.39, 0.29) is 10.8 Å². The second-order valence-electron chi connectivity index (χ2n) is 4.87. The number of rotatable bonds is 5. The van der Waals surface area contributed by atoms with E-state index in [1.54, 1.807) is 17.9 Å². The van der Waals surface area contributed by atoms with Crippen LogP contribution in [0, 0.1) is 0 Å². The summed E-state index contributed by atoms with van der Waals surface area (Å²) in [5.41, 5.74) is 0.500. The highest BCUT2D eigenvalue weighted by molar-refractivity contribution is 7.89. The number of nitrogens with zero attached hydrogens (tertiary/aromatic N) is 1. The highest BCUT2D eigenvalue weighted by Crippen LogP contribution is 2.35. The lowest BCUT2D eigenvalue weighted by atomic mass is 10.2. The maximum Gasteiger partial charge on any atom is 0.267 e. The molecule has 0 saturated heterocycles. The number of ether oxygens (including phenoxy) is 1. The fraction of sp³-hybridized carbons (Fsp3) is 0.500. The van der Waals surface area contributed by atoms with Gasteiger partial charge in [-0.15, -0.1) is 0 Å². The first-order valence-corrected chi connectivity index (χ1v) is 8.50. The summed E-state index contributed by atoms with van der Waals surface area (Å²) in [4.78, 5) is 13.8. The van der Waals surface area contributed by atoms with Gasteiger partial charge in [-0.2, -0.15) is 0 Å². The zero-order valence-corrected chi connectivity index (χ0v) is 13.2. The second kappa shape index (κ2) is 6.03. The first-order chi connectivity index (χ1) is 9.90. The van der Waals surface area contributed by atoms with Gasteiger partial charge in [-0.1, -0.05) is 6.92 Å². The number of carbonyl (C=O) groups excluding carboxylic acids is 1. The van der Waals surface area contributed by atoms with Crippen LogP contribution in [0.3, 0.4) is 0 Å². The molecule has 1 N–H and O–H groups in total. The van der Waals surface area contributed by atoms with E-state index < -0.39 is 16.1 Å². The molecule has 7 heteroatoms. The fourth-order valence-electron chi connectivity index (χ4n) is 2.20. The number of fused-ring (bicyclic) bond motifs is 1. The molecule has 1 amide bonds. The predicted molar refractivity (Wildman–Crippen MR) is 80.0 cm³/mol. The minimum atomic E-state index is -3.56. The minimum Gasteiger partial charge on any atom is -0.479 e. The first-order valence-electron chi connectivity index (χ1n) is 7.02. The van der Waals surface area contributed by atoms with Crippen molar-refractivity contribution in [1.29, 1.82) is 0 Å². The van der Waals surface area contributed by atoms with Gasteiger partial charge < -0.3 is 9.64 Å². The number of benzene rings is 1. The van der Waals surface area contributed by atoms with E-state index in [0.717, 1.165) is 0 Å². The summed E-state index contributed by atoms with van der Waals surface area (Å²) in [6.07, 6.45) is 0.155. The molecule has 1 aromatic rings. The monoisotopic (exact) mass is 312 g/mol. The molecule has 0 aliphatic carbocycles. The molecule has 2 rings (SSSR count). The first kappa shape index (κ1) is 15.8. The smallest absolute Gasteiger partial charge is 0.267 e. The number of sulfonamides is 1. The normalized spacial score (nSPS) is 18.3. The van der Waals surface area contributed by atoms with Gasteiger partial charge in [-0.05, 0) is 38.5 Å². The van der Waals surface area contributed by atoms with Crippen LogP contribution in [0.1, 0.15) is 27.2 Å². The Balaban J connectivity index is 2.43. The van der Waals surface area contributed by atoms with Gasteiger partial charge in [0, 0.05) is 13.1 Å². The van der Waals surface area contributed by atoms with E-state index in [2.05, 4.69) is 4.72 Å². The van der Waals surface area contributed by atoms with Crippen molar-refractivity contribution in [3.05, 3.63) is 18.2 Å². The quantitative estimate of drug-likeness (QED) is 0.894. The third-order valence-electron chi connectivity index (χ3n) is 3.31. The van der Waals surface area contributed by atoms with Gasteiger partial charge in [0.1, 0.15) is 5.75 Å². The van der Waals surface area contributed by atoms with Crippen molar-refractivity contribution in [2.45, 2.75) is 38.2 Å². The van der Waals surface area contributed by atoms with Crippen LogP contribution in [0.5, 0.6) is 5.75 Å². The largest absolute Gasteiger partial charge is 0.479 e. The van der Waals surface area contributed by atoms with Crippen molar-refractivity contribution in [2.24, 2.45) is 0 Å². The number of amides is 1. The van der Waals surface area contributed by atoms with Crippen LogP contribution in [0.15, 0.2) is 23.1 Å². The van der Waals surface area contributed by atoms with E-state index in [1.807, 2.05) is 13.8 Å². The minimum absolute atomic E-state index is 0.138. The standard InChI is InChI=1S/C14H20N2O4S/c1-4-8-15-21(18,19)11-6-7-13-12(9-11)16(5-2)14(17)10(3)20-13/h6-7,9-10,15H,4-5,8H2,1-3H3. The Bertz CT molecular complexity index is 642. The van der Waals surface area contributed by atoms with Gasteiger partial charge in [0.25, 0.3) is 5.91 Å². The highest BCUT2D eigenvalue weighted by atomic mass is 32.2. The number of hydrogen-bond donors (Lipinski definition) is 1. The lowest BCUT2D eigenvalue weighted by Gasteiger charge is -2.32. The van der Waals surface area contributed by atoms with Gasteiger partial charge >= 0.3 is 0 Å². The molecule has 0 spiro atoms. The topological polar surface area (TPSA) is 75.7 Å². The molecule has 0 aromatic heterocycles. The molecule has 1 aliphatic rings. The molecule has 0 saturated carbocycles. The van der Waals surface area contributed by atoms with Gasteiger partial charge in [-0.25, -0.2) is 13.1 Å². The molecule has 0 radical (unpaired) electrons. The zero-order chi connectivity index (χ0) is 15.6. The Morgan fingerprint density at radius 2 is 2.05 bits per heavy atom. The summed E-state index contributed by atoms with van der Waals surface area (Å²) in [7, 11) is -3.56. The predicted octanol–water partition coefficient (Wildman–Crippen LogP) is 1.51. The number of nitrogens with one attached hydrogen (secondary N) is 1. The van der Waals surface area contributed by atoms with Crippen molar-refractivity contribution in [2.75, 3.05) is 18.0 Å². The Hall–Kier alpha value is -1.60. The maximum atomic E-state index is 12.2. The molecule has 6 nitrogen and oxygen atoms in total. The van der Waals surface area contributed by atoms with Gasteiger partial charge in [0.05, 0.1) is 10.6 Å². The summed E-state index contributed by atoms with van der Waals surface area (Å²) in [6, 6.07) is 4.58. The molecular weight excluding hydrogens is 292 g/mol. The molecule has 1 unspecified atom stereocenters. The SMILES string of the molecule is CCCNS(=O)(=O)c1ccc2c(c1)N(CC)C(=O)C(C)O2. The van der Waals surface area contributed by atoms with E-state index in [4.69, 9.17) is 4.74 Å². The number of carbonyl (C=O) groups is 1. The summed E-state index contributed by atoms with van der Waals surface area (Å²) in [5.74, 6) is 0.361. The van der Waals surface area contributed by atoms with Gasteiger partial charge in [-0.3, -0.25) is 4.79 Å². The average Bonchev–Trinajstić information content (AvgIpc) is 2.46. The molecule has 1 aromatic carbocycles. The van der Waals surface area contributed by atoms with Crippen LogP contribution in [0.2, 0.25) is 0 Å². The fourth-order valence-corrected chi connectivity index (χ4v) is 3.35. The molecule has 0 fully saturated rings. The van der Waals surface area contributed by atoms with Crippen LogP contribution in [-0.4, -0.2) is 33.5 Å². The van der Waals surface area contributed by atoms with E-state index in [9.17, 15) is 13.2 Å². The number of likely N-dealkylation sites (N-methyl/N-ethyl adjacent to an activating group) is 1. The zero-order valence-electron chi connectivity index (χ0n) is 12.4. The maximum absolute atomic E-state index is 12.2. The third kappa shape index (κ3) is 3.03. The Morgan fingerprint density at radius 1 is 1.33 bits per heavy atom. The van der Waals surface area contributed by atoms with Crippen molar-refractivity contribution in [3.8, 4) is 5.75 Å². The summed E-state index contributed by atoms with van der Waals surface area (Å²) in [6.45, 7) is 6.26. The lowest BCUT2D eigenvalue weighted by Crippen LogP contribution is -2.44. The highest BCUT2D eigenvalue weighted by Gasteiger charge is 2.31. The van der Waals surface area contributed by atoms with Crippen molar-refractivity contribution >= 4 is 21.6 Å². The molecule has 1 aliphatic heterocycles. The Labute approximate surface area is 125 Å². The third-order valence-corrected chi connectivity index (χ3v) is 4.77. The molecule has 1 heterocycles. The molecule has 1 atom stereocenters. The number of anilines is 1. The second-order valence-corrected chi connectivity index (χ2v) is 6.64. The summed E-state index contributed by atoms with van der Waals surface area (Å²) < 4.78 is 32.4. The van der Waals surface area contributed by atoms with Gasteiger partial charge in [0.2, 0.25) is 10.0 Å². The van der Waals surface area contributed by atoms with Crippen LogP contribution >= 0.6 is 0 Å². The molecule has 116 valence electrons.